The molecule has 20 heavy (non-hydrogen) atoms. The van der Waals surface area contributed by atoms with Crippen molar-refractivity contribution < 1.29 is 4.39 Å². The molecule has 0 unspecified atom stereocenters. The Kier molecular flexibility index (Phi) is 4.22. The maximum atomic E-state index is 13.1. The summed E-state index contributed by atoms with van der Waals surface area (Å²) in [5.74, 6) is 0.744. The summed E-state index contributed by atoms with van der Waals surface area (Å²) in [6.07, 6.45) is 6.49. The van der Waals surface area contributed by atoms with Gasteiger partial charge in [-0.3, -0.25) is 4.99 Å². The first-order chi connectivity index (χ1) is 9.67. The summed E-state index contributed by atoms with van der Waals surface area (Å²) < 4.78 is 13.1. The highest BCUT2D eigenvalue weighted by atomic mass is 35.5. The van der Waals surface area contributed by atoms with Gasteiger partial charge in [0.15, 0.2) is 5.17 Å². The molecule has 5 heteroatoms. The van der Waals surface area contributed by atoms with Gasteiger partial charge in [-0.1, -0.05) is 48.7 Å². The molecule has 1 N–H and O–H groups in total. The van der Waals surface area contributed by atoms with Crippen molar-refractivity contribution in [1.82, 2.24) is 5.32 Å². The number of aliphatic imine (C=N–C) groups is 1. The van der Waals surface area contributed by atoms with Crippen LogP contribution in [-0.4, -0.2) is 16.5 Å². The van der Waals surface area contributed by atoms with Gasteiger partial charge >= 0.3 is 0 Å². The maximum Gasteiger partial charge on any atom is 0.157 e. The summed E-state index contributed by atoms with van der Waals surface area (Å²) in [5, 5.41) is 4.79. The predicted octanol–water partition coefficient (Wildman–Crippen LogP) is 4.37. The van der Waals surface area contributed by atoms with Gasteiger partial charge in [-0.25, -0.2) is 4.39 Å². The number of hydrogen-bond acceptors (Lipinski definition) is 2. The lowest BCUT2D eigenvalue weighted by atomic mass is 9.83. The lowest BCUT2D eigenvalue weighted by Crippen LogP contribution is -2.45. The van der Waals surface area contributed by atoms with Gasteiger partial charge in [0.1, 0.15) is 5.82 Å². The highest BCUT2D eigenvalue weighted by Gasteiger charge is 2.37. The van der Waals surface area contributed by atoms with E-state index in [2.05, 4.69) is 10.3 Å². The number of halogens is 2. The van der Waals surface area contributed by atoms with Crippen molar-refractivity contribution in [3.05, 3.63) is 34.6 Å². The third kappa shape index (κ3) is 3.12. The van der Waals surface area contributed by atoms with E-state index in [0.717, 1.165) is 16.5 Å². The normalized spacial score (nSPS) is 23.2. The standard InChI is InChI=1S/C15H18ClFN2S/c16-12-8-11(4-5-13(12)17)9-18-14-19-15(10-20-14)6-2-1-3-7-15/h4-5,8H,1-3,6-7,9-10H2,(H,18,19). The first kappa shape index (κ1) is 14.2. The molecule has 1 heterocycles. The van der Waals surface area contributed by atoms with E-state index in [-0.39, 0.29) is 16.4 Å². The van der Waals surface area contributed by atoms with Gasteiger partial charge < -0.3 is 5.32 Å². The van der Waals surface area contributed by atoms with E-state index in [4.69, 9.17) is 11.6 Å². The molecule has 0 amide bonds. The maximum absolute atomic E-state index is 13.1. The van der Waals surface area contributed by atoms with Crippen LogP contribution in [0.5, 0.6) is 0 Å². The molecular weight excluding hydrogens is 295 g/mol. The SMILES string of the molecule is Fc1ccc(CN=C2NC3(CCCCC3)CS2)cc1Cl. The fourth-order valence-electron chi connectivity index (χ4n) is 2.89. The Balaban J connectivity index is 1.63. The molecule has 1 saturated carbocycles. The minimum atomic E-state index is -0.377. The molecule has 1 spiro atoms. The molecule has 0 aromatic heterocycles. The molecule has 0 atom stereocenters. The van der Waals surface area contributed by atoms with E-state index in [1.807, 2.05) is 0 Å². The second-order valence-corrected chi connectivity index (χ2v) is 7.00. The van der Waals surface area contributed by atoms with E-state index in [9.17, 15) is 4.39 Å². The van der Waals surface area contributed by atoms with Crippen molar-refractivity contribution in [3.63, 3.8) is 0 Å². The lowest BCUT2D eigenvalue weighted by molar-refractivity contribution is 0.303. The fraction of sp³-hybridized carbons (Fsp3) is 0.533. The molecular formula is C15H18ClFN2S. The Labute approximate surface area is 128 Å². The zero-order chi connectivity index (χ0) is 14.0. The average molecular weight is 313 g/mol. The minimum absolute atomic E-state index is 0.165. The van der Waals surface area contributed by atoms with E-state index < -0.39 is 0 Å². The van der Waals surface area contributed by atoms with Gasteiger partial charge in [0.25, 0.3) is 0 Å². The molecule has 2 nitrogen and oxygen atoms in total. The summed E-state index contributed by atoms with van der Waals surface area (Å²) in [5.41, 5.74) is 1.22. The largest absolute Gasteiger partial charge is 0.359 e. The molecule has 1 saturated heterocycles. The lowest BCUT2D eigenvalue weighted by Gasteiger charge is -2.32. The zero-order valence-electron chi connectivity index (χ0n) is 11.3. The molecule has 1 aromatic rings. The molecule has 1 aliphatic carbocycles. The van der Waals surface area contributed by atoms with E-state index >= 15 is 0 Å². The second-order valence-electron chi connectivity index (χ2n) is 5.62. The number of thioether (sulfide) groups is 1. The van der Waals surface area contributed by atoms with Gasteiger partial charge in [0.05, 0.1) is 11.6 Å². The second kappa shape index (κ2) is 5.94. The van der Waals surface area contributed by atoms with Gasteiger partial charge in [-0.05, 0) is 30.5 Å². The van der Waals surface area contributed by atoms with Crippen LogP contribution in [0.2, 0.25) is 5.02 Å². The Morgan fingerprint density at radius 1 is 1.30 bits per heavy atom. The third-order valence-corrected chi connectivity index (χ3v) is 5.55. The Bertz CT molecular complexity index is 527. The van der Waals surface area contributed by atoms with E-state index in [1.165, 1.54) is 38.2 Å². The summed E-state index contributed by atoms with van der Waals surface area (Å²) in [4.78, 5) is 4.60. The Morgan fingerprint density at radius 2 is 2.10 bits per heavy atom. The highest BCUT2D eigenvalue weighted by molar-refractivity contribution is 8.14. The van der Waals surface area contributed by atoms with Gasteiger partial charge in [-0.15, -0.1) is 0 Å². The van der Waals surface area contributed by atoms with Crippen LogP contribution in [-0.2, 0) is 6.54 Å². The van der Waals surface area contributed by atoms with Gasteiger partial charge in [0, 0.05) is 11.3 Å². The number of hydrogen-bond donors (Lipinski definition) is 1. The van der Waals surface area contributed by atoms with Gasteiger partial charge in [-0.2, -0.15) is 0 Å². The highest BCUT2D eigenvalue weighted by Crippen LogP contribution is 2.36. The third-order valence-electron chi connectivity index (χ3n) is 4.06. The smallest absolute Gasteiger partial charge is 0.157 e. The number of rotatable bonds is 2. The summed E-state index contributed by atoms with van der Waals surface area (Å²) >= 11 is 7.59. The quantitative estimate of drug-likeness (QED) is 0.876. The van der Waals surface area contributed by atoms with Crippen molar-refractivity contribution in [1.29, 1.82) is 0 Å². The topological polar surface area (TPSA) is 24.4 Å². The molecule has 2 fully saturated rings. The minimum Gasteiger partial charge on any atom is -0.359 e. The molecule has 0 bridgehead atoms. The predicted molar refractivity (Wildman–Crippen MR) is 84.0 cm³/mol. The van der Waals surface area contributed by atoms with Crippen LogP contribution in [0.4, 0.5) is 4.39 Å². The zero-order valence-corrected chi connectivity index (χ0v) is 12.9. The Morgan fingerprint density at radius 3 is 2.85 bits per heavy atom. The number of amidine groups is 1. The first-order valence-electron chi connectivity index (χ1n) is 7.06. The van der Waals surface area contributed by atoms with Crippen LogP contribution in [0.3, 0.4) is 0 Å². The van der Waals surface area contributed by atoms with Crippen LogP contribution >= 0.6 is 23.4 Å². The number of benzene rings is 1. The van der Waals surface area contributed by atoms with Crippen molar-refractivity contribution in [2.75, 3.05) is 5.75 Å². The monoisotopic (exact) mass is 312 g/mol. The molecule has 1 aromatic carbocycles. The van der Waals surface area contributed by atoms with Crippen molar-refractivity contribution in [2.45, 2.75) is 44.2 Å². The van der Waals surface area contributed by atoms with Crippen LogP contribution in [0, 0.1) is 5.82 Å². The number of nitrogens with one attached hydrogen (secondary N) is 1. The van der Waals surface area contributed by atoms with Crippen LogP contribution in [0.25, 0.3) is 0 Å². The fourth-order valence-corrected chi connectivity index (χ4v) is 4.31. The van der Waals surface area contributed by atoms with E-state index in [0.29, 0.717) is 6.54 Å². The average Bonchev–Trinajstić information content (AvgIpc) is 2.84. The van der Waals surface area contributed by atoms with Crippen LogP contribution in [0.1, 0.15) is 37.7 Å². The molecule has 3 rings (SSSR count). The van der Waals surface area contributed by atoms with Crippen molar-refractivity contribution >= 4 is 28.5 Å². The van der Waals surface area contributed by atoms with Crippen LogP contribution < -0.4 is 5.32 Å². The summed E-state index contributed by atoms with van der Waals surface area (Å²) in [7, 11) is 0. The molecule has 2 aliphatic rings. The number of nitrogens with zero attached hydrogens (tertiary/aromatic N) is 1. The molecule has 108 valence electrons. The summed E-state index contributed by atoms with van der Waals surface area (Å²) in [6, 6.07) is 4.79. The van der Waals surface area contributed by atoms with Crippen molar-refractivity contribution in [3.8, 4) is 0 Å². The Hall–Kier alpha value is -0.740. The van der Waals surface area contributed by atoms with Crippen molar-refractivity contribution in [2.24, 2.45) is 4.99 Å². The molecule has 1 aliphatic heterocycles. The van der Waals surface area contributed by atoms with Gasteiger partial charge in [0.2, 0.25) is 0 Å². The van der Waals surface area contributed by atoms with E-state index in [1.54, 1.807) is 23.9 Å². The molecule has 0 radical (unpaired) electrons. The summed E-state index contributed by atoms with van der Waals surface area (Å²) in [6.45, 7) is 0.547. The van der Waals surface area contributed by atoms with Crippen LogP contribution in [0.15, 0.2) is 23.2 Å². The first-order valence-corrected chi connectivity index (χ1v) is 8.43.